The van der Waals surface area contributed by atoms with Crippen molar-refractivity contribution in [1.82, 2.24) is 9.97 Å². The molecule has 0 amide bonds. The number of methoxy groups -OCH3 is 2. The molecule has 2 aromatic rings. The molecule has 0 saturated heterocycles. The molecular weight excluding hydrogens is 356 g/mol. The number of hydrogen-bond donors (Lipinski definition) is 5. The van der Waals surface area contributed by atoms with E-state index in [-0.39, 0.29) is 36.9 Å². The SMILES string of the molecule is COC(O)c1c(CO)cnc(C)c1O.COCc1c(CO)cnc(C)c1O. The van der Waals surface area contributed by atoms with Gasteiger partial charge in [-0.15, -0.1) is 0 Å². The number of ether oxygens (including phenoxy) is 2. The van der Waals surface area contributed by atoms with Crippen LogP contribution in [-0.2, 0) is 29.3 Å². The van der Waals surface area contributed by atoms with E-state index in [1.807, 2.05) is 0 Å². The highest BCUT2D eigenvalue weighted by atomic mass is 16.6. The summed E-state index contributed by atoms with van der Waals surface area (Å²) in [7, 11) is 2.84. The first-order valence-corrected chi connectivity index (χ1v) is 8.07. The summed E-state index contributed by atoms with van der Waals surface area (Å²) >= 11 is 0. The van der Waals surface area contributed by atoms with Crippen LogP contribution in [0.25, 0.3) is 0 Å². The van der Waals surface area contributed by atoms with E-state index in [4.69, 9.17) is 14.9 Å². The molecule has 2 rings (SSSR count). The van der Waals surface area contributed by atoms with E-state index in [0.717, 1.165) is 0 Å². The second kappa shape index (κ2) is 10.8. The quantitative estimate of drug-likeness (QED) is 0.461. The van der Waals surface area contributed by atoms with Gasteiger partial charge >= 0.3 is 0 Å². The maximum absolute atomic E-state index is 9.60. The van der Waals surface area contributed by atoms with Crippen LogP contribution in [0, 0.1) is 13.8 Å². The molecule has 0 aliphatic heterocycles. The minimum absolute atomic E-state index is 0.105. The van der Waals surface area contributed by atoms with Crippen LogP contribution in [0.5, 0.6) is 11.5 Å². The first-order chi connectivity index (χ1) is 12.8. The average Bonchev–Trinajstić information content (AvgIpc) is 2.67. The molecule has 0 spiro atoms. The van der Waals surface area contributed by atoms with Gasteiger partial charge in [0, 0.05) is 43.3 Å². The molecule has 150 valence electrons. The molecular formula is C18H26N2O7. The van der Waals surface area contributed by atoms with Gasteiger partial charge in [-0.05, 0) is 13.8 Å². The van der Waals surface area contributed by atoms with Crippen LogP contribution in [0.2, 0.25) is 0 Å². The highest BCUT2D eigenvalue weighted by Gasteiger charge is 2.18. The first-order valence-electron chi connectivity index (χ1n) is 8.07. The van der Waals surface area contributed by atoms with Gasteiger partial charge in [0.25, 0.3) is 0 Å². The van der Waals surface area contributed by atoms with E-state index in [1.54, 1.807) is 20.0 Å². The number of pyridine rings is 2. The molecule has 1 atom stereocenters. The molecule has 0 bridgehead atoms. The number of hydrogen-bond acceptors (Lipinski definition) is 9. The largest absolute Gasteiger partial charge is 0.506 e. The van der Waals surface area contributed by atoms with Crippen molar-refractivity contribution in [3.8, 4) is 11.5 Å². The third-order valence-corrected chi connectivity index (χ3v) is 3.89. The van der Waals surface area contributed by atoms with E-state index in [0.29, 0.717) is 28.1 Å². The zero-order chi connectivity index (χ0) is 20.6. The summed E-state index contributed by atoms with van der Waals surface area (Å²) in [6.45, 7) is 3.14. The molecule has 0 radical (unpaired) electrons. The van der Waals surface area contributed by atoms with Gasteiger partial charge in [-0.25, -0.2) is 0 Å². The predicted octanol–water partition coefficient (Wildman–Crippen LogP) is 0.960. The molecule has 1 unspecified atom stereocenters. The van der Waals surface area contributed by atoms with Gasteiger partial charge < -0.3 is 35.0 Å². The van der Waals surface area contributed by atoms with E-state index < -0.39 is 6.29 Å². The van der Waals surface area contributed by atoms with Gasteiger partial charge in [0.1, 0.15) is 11.5 Å². The average molecular weight is 382 g/mol. The van der Waals surface area contributed by atoms with Gasteiger partial charge in [0.2, 0.25) is 0 Å². The normalized spacial score (nSPS) is 11.7. The zero-order valence-corrected chi connectivity index (χ0v) is 15.8. The Labute approximate surface area is 157 Å². The lowest BCUT2D eigenvalue weighted by Gasteiger charge is -2.15. The fraction of sp³-hybridized carbons (Fsp3) is 0.444. The number of aliphatic hydroxyl groups is 3. The minimum Gasteiger partial charge on any atom is -0.506 e. The first kappa shape index (κ1) is 22.7. The summed E-state index contributed by atoms with van der Waals surface area (Å²) in [4.78, 5) is 7.78. The van der Waals surface area contributed by atoms with Crippen molar-refractivity contribution in [2.24, 2.45) is 0 Å². The second-order valence-electron chi connectivity index (χ2n) is 5.66. The van der Waals surface area contributed by atoms with Crippen LogP contribution >= 0.6 is 0 Å². The zero-order valence-electron chi connectivity index (χ0n) is 15.8. The lowest BCUT2D eigenvalue weighted by molar-refractivity contribution is -0.0792. The summed E-state index contributed by atoms with van der Waals surface area (Å²) < 4.78 is 9.58. The van der Waals surface area contributed by atoms with Gasteiger partial charge in [-0.1, -0.05) is 0 Å². The van der Waals surface area contributed by atoms with Crippen LogP contribution in [0.1, 0.15) is 39.9 Å². The molecule has 0 saturated carbocycles. The van der Waals surface area contributed by atoms with Crippen molar-refractivity contribution >= 4 is 0 Å². The Morgan fingerprint density at radius 2 is 1.44 bits per heavy atom. The fourth-order valence-electron chi connectivity index (χ4n) is 2.30. The van der Waals surface area contributed by atoms with Crippen molar-refractivity contribution in [3.63, 3.8) is 0 Å². The number of nitrogens with zero attached hydrogens (tertiary/aromatic N) is 2. The number of aromatic hydroxyl groups is 2. The van der Waals surface area contributed by atoms with Crippen molar-refractivity contribution < 1.29 is 35.0 Å². The number of aliphatic hydroxyl groups excluding tert-OH is 3. The topological polar surface area (TPSA) is 145 Å². The highest BCUT2D eigenvalue weighted by Crippen LogP contribution is 2.30. The highest BCUT2D eigenvalue weighted by molar-refractivity contribution is 5.41. The summed E-state index contributed by atoms with van der Waals surface area (Å²) in [5, 5.41) is 46.5. The molecule has 5 N–H and O–H groups in total. The second-order valence-corrected chi connectivity index (χ2v) is 5.66. The van der Waals surface area contributed by atoms with Crippen LogP contribution in [0.15, 0.2) is 12.4 Å². The minimum atomic E-state index is -1.25. The monoisotopic (exact) mass is 382 g/mol. The Kier molecular flexibility index (Phi) is 9.06. The van der Waals surface area contributed by atoms with Crippen molar-refractivity contribution in [2.45, 2.75) is 40.0 Å². The van der Waals surface area contributed by atoms with Crippen molar-refractivity contribution in [3.05, 3.63) is 46.0 Å². The predicted molar refractivity (Wildman–Crippen MR) is 95.8 cm³/mol. The third-order valence-electron chi connectivity index (χ3n) is 3.89. The van der Waals surface area contributed by atoms with Crippen molar-refractivity contribution in [1.29, 1.82) is 0 Å². The third kappa shape index (κ3) is 5.59. The van der Waals surface area contributed by atoms with Gasteiger partial charge in [0.05, 0.1) is 36.8 Å². The van der Waals surface area contributed by atoms with Gasteiger partial charge in [-0.2, -0.15) is 0 Å². The molecule has 0 aromatic carbocycles. The summed E-state index contributed by atoms with van der Waals surface area (Å²) in [5.74, 6) is -0.0423. The maximum atomic E-state index is 9.60. The lowest BCUT2D eigenvalue weighted by atomic mass is 10.1. The lowest BCUT2D eigenvalue weighted by Crippen LogP contribution is -2.06. The standard InChI is InChI=1S/C9H13NO4.C9H13NO3/c1-5-8(12)7(9(13)14-2)6(4-11)3-10-5;1-6-9(12)8(5-13-2)7(4-11)3-10-6/h3,9,11-13H,4H2,1-2H3;3,11-12H,4-5H2,1-2H3. The Bertz CT molecular complexity index is 753. The molecule has 9 heteroatoms. The van der Waals surface area contributed by atoms with E-state index >= 15 is 0 Å². The van der Waals surface area contributed by atoms with Crippen LogP contribution in [0.4, 0.5) is 0 Å². The number of aromatic nitrogens is 2. The smallest absolute Gasteiger partial charge is 0.184 e. The van der Waals surface area contributed by atoms with Crippen molar-refractivity contribution in [2.75, 3.05) is 14.2 Å². The molecule has 2 aromatic heterocycles. The molecule has 9 nitrogen and oxygen atoms in total. The summed E-state index contributed by atoms with van der Waals surface area (Å²) in [6.07, 6.45) is 1.69. The van der Waals surface area contributed by atoms with Crippen LogP contribution < -0.4 is 0 Å². The Morgan fingerprint density at radius 1 is 0.926 bits per heavy atom. The summed E-state index contributed by atoms with van der Waals surface area (Å²) in [5.41, 5.74) is 2.66. The molecule has 2 heterocycles. The number of rotatable bonds is 6. The molecule has 0 aliphatic rings. The Balaban J connectivity index is 0.000000271. The van der Waals surface area contributed by atoms with Gasteiger partial charge in [-0.3, -0.25) is 9.97 Å². The Hall–Kier alpha value is -2.30. The van der Waals surface area contributed by atoms with Crippen LogP contribution in [-0.4, -0.2) is 49.7 Å². The van der Waals surface area contributed by atoms with E-state index in [9.17, 15) is 15.3 Å². The van der Waals surface area contributed by atoms with E-state index in [2.05, 4.69) is 14.7 Å². The maximum Gasteiger partial charge on any atom is 0.184 e. The molecule has 0 aliphatic carbocycles. The Morgan fingerprint density at radius 3 is 1.93 bits per heavy atom. The summed E-state index contributed by atoms with van der Waals surface area (Å²) in [6, 6.07) is 0. The van der Waals surface area contributed by atoms with E-state index in [1.165, 1.54) is 20.4 Å². The number of aryl methyl sites for hydroxylation is 2. The molecule has 27 heavy (non-hydrogen) atoms. The fourth-order valence-corrected chi connectivity index (χ4v) is 2.30. The van der Waals surface area contributed by atoms with Crippen LogP contribution in [0.3, 0.4) is 0 Å². The van der Waals surface area contributed by atoms with Gasteiger partial charge in [0.15, 0.2) is 6.29 Å². The molecule has 0 fully saturated rings.